The Kier molecular flexibility index (Phi) is 10.3. The summed E-state index contributed by atoms with van der Waals surface area (Å²) >= 11 is 2.05. The van der Waals surface area contributed by atoms with E-state index >= 15 is 0 Å². The number of nitrogens with zero attached hydrogens (tertiary/aromatic N) is 2. The molecule has 1 aromatic rings. The van der Waals surface area contributed by atoms with E-state index in [0.717, 1.165) is 24.8 Å². The normalized spacial score (nSPS) is 17.8. The molecule has 1 saturated heterocycles. The Morgan fingerprint density at radius 2 is 1.96 bits per heavy atom. The number of guanidine groups is 1. The molecule has 5 nitrogen and oxygen atoms in total. The number of hydrogen-bond acceptors (Lipinski definition) is 3. The van der Waals surface area contributed by atoms with Gasteiger partial charge in [0.1, 0.15) is 0 Å². The van der Waals surface area contributed by atoms with Crippen molar-refractivity contribution >= 4 is 47.6 Å². The van der Waals surface area contributed by atoms with Gasteiger partial charge in [-0.2, -0.15) is 11.8 Å². The quantitative estimate of drug-likeness (QED) is 0.297. The molecule has 0 aliphatic carbocycles. The zero-order valence-electron chi connectivity index (χ0n) is 15.2. The Morgan fingerprint density at radius 3 is 2.60 bits per heavy atom. The van der Waals surface area contributed by atoms with Crippen LogP contribution in [0.1, 0.15) is 24.2 Å². The molecule has 2 N–H and O–H groups in total. The van der Waals surface area contributed by atoms with Crippen LogP contribution in [0, 0.1) is 5.92 Å². The molecule has 0 aromatic heterocycles. The van der Waals surface area contributed by atoms with Crippen molar-refractivity contribution in [2.24, 2.45) is 10.9 Å². The molecular weight excluding hydrogens is 447 g/mol. The molecule has 0 spiro atoms. The van der Waals surface area contributed by atoms with Crippen LogP contribution in [0.15, 0.2) is 35.3 Å². The average molecular weight is 476 g/mol. The highest BCUT2D eigenvalue weighted by molar-refractivity contribution is 14.0. The molecule has 1 heterocycles. The van der Waals surface area contributed by atoms with Gasteiger partial charge < -0.3 is 15.5 Å². The van der Waals surface area contributed by atoms with E-state index in [2.05, 4.69) is 46.1 Å². The highest BCUT2D eigenvalue weighted by atomic mass is 127. The molecule has 1 fully saturated rings. The molecule has 25 heavy (non-hydrogen) atoms. The molecule has 0 saturated carbocycles. The lowest BCUT2D eigenvalue weighted by atomic mass is 10.1. The van der Waals surface area contributed by atoms with Gasteiger partial charge in [-0.15, -0.1) is 24.0 Å². The van der Waals surface area contributed by atoms with Gasteiger partial charge in [0.15, 0.2) is 5.96 Å². The van der Waals surface area contributed by atoms with Crippen LogP contribution in [0.5, 0.6) is 0 Å². The number of aliphatic imine (C=N–C) groups is 1. The number of thioether (sulfide) groups is 1. The topological polar surface area (TPSA) is 56.7 Å². The first kappa shape index (κ1) is 22.1. The number of carbonyl (C=O) groups excluding carboxylic acids is 1. The molecule has 1 atom stereocenters. The second-order valence-electron chi connectivity index (χ2n) is 6.20. The zero-order chi connectivity index (χ0) is 17.4. The number of rotatable bonds is 5. The van der Waals surface area contributed by atoms with Gasteiger partial charge in [0.25, 0.3) is 5.91 Å². The maximum absolute atomic E-state index is 12.0. The highest BCUT2D eigenvalue weighted by Crippen LogP contribution is 2.24. The van der Waals surface area contributed by atoms with Crippen molar-refractivity contribution in [2.45, 2.75) is 19.1 Å². The Balaban J connectivity index is 0.00000312. The van der Waals surface area contributed by atoms with Crippen LogP contribution in [-0.2, 0) is 0 Å². The van der Waals surface area contributed by atoms with E-state index in [1.807, 2.05) is 37.4 Å². The molecule has 0 radical (unpaired) electrons. The number of benzene rings is 1. The first-order valence-corrected chi connectivity index (χ1v) is 9.57. The summed E-state index contributed by atoms with van der Waals surface area (Å²) in [6.07, 6.45) is 0. The number of amides is 1. The lowest BCUT2D eigenvalue weighted by molar-refractivity contribution is 0.0954. The molecule has 0 bridgehead atoms. The summed E-state index contributed by atoms with van der Waals surface area (Å²) in [4.78, 5) is 18.7. The lowest BCUT2D eigenvalue weighted by Crippen LogP contribution is -2.50. The fourth-order valence-corrected chi connectivity index (χ4v) is 3.94. The Bertz CT molecular complexity index is 553. The summed E-state index contributed by atoms with van der Waals surface area (Å²) in [7, 11) is 1.82. The summed E-state index contributed by atoms with van der Waals surface area (Å²) in [6, 6.07) is 9.28. The third-order valence-corrected chi connectivity index (χ3v) is 5.62. The minimum atomic E-state index is -0.0402. The first-order valence-electron chi connectivity index (χ1n) is 8.52. The number of hydrogen-bond donors (Lipinski definition) is 2. The van der Waals surface area contributed by atoms with Crippen molar-refractivity contribution in [1.29, 1.82) is 0 Å². The predicted octanol–water partition coefficient (Wildman–Crippen LogP) is 2.68. The second kappa shape index (κ2) is 11.6. The van der Waals surface area contributed by atoms with Crippen LogP contribution in [0.3, 0.4) is 0 Å². The first-order chi connectivity index (χ1) is 11.6. The molecule has 140 valence electrons. The molecule has 7 heteroatoms. The van der Waals surface area contributed by atoms with Crippen LogP contribution in [-0.4, -0.2) is 61.0 Å². The van der Waals surface area contributed by atoms with E-state index in [9.17, 15) is 4.79 Å². The minimum absolute atomic E-state index is 0. The summed E-state index contributed by atoms with van der Waals surface area (Å²) in [5.41, 5.74) is 0.690. The van der Waals surface area contributed by atoms with E-state index in [4.69, 9.17) is 0 Å². The van der Waals surface area contributed by atoms with Gasteiger partial charge in [-0.25, -0.2) is 0 Å². The monoisotopic (exact) mass is 476 g/mol. The third kappa shape index (κ3) is 7.05. The van der Waals surface area contributed by atoms with Gasteiger partial charge in [-0.05, 0) is 18.1 Å². The summed E-state index contributed by atoms with van der Waals surface area (Å²) < 4.78 is 0. The van der Waals surface area contributed by atoms with Gasteiger partial charge >= 0.3 is 0 Å². The Labute approximate surface area is 172 Å². The van der Waals surface area contributed by atoms with Crippen LogP contribution in [0.2, 0.25) is 0 Å². The Morgan fingerprint density at radius 1 is 1.28 bits per heavy atom. The van der Waals surface area contributed by atoms with Gasteiger partial charge in [0, 0.05) is 49.8 Å². The van der Waals surface area contributed by atoms with Gasteiger partial charge in [-0.1, -0.05) is 32.0 Å². The summed E-state index contributed by atoms with van der Waals surface area (Å²) in [6.45, 7) is 7.83. The third-order valence-electron chi connectivity index (χ3n) is 4.08. The minimum Gasteiger partial charge on any atom is -0.354 e. The molecule has 1 unspecified atom stereocenters. The van der Waals surface area contributed by atoms with E-state index in [1.54, 1.807) is 0 Å². The SMILES string of the molecule is CN=C(NCCNC(=O)c1ccccc1)N1CCSC(C(C)C)C1.I. The number of halogens is 1. The predicted molar refractivity (Wildman–Crippen MR) is 118 cm³/mol. The van der Waals surface area contributed by atoms with Gasteiger partial charge in [-0.3, -0.25) is 9.79 Å². The summed E-state index contributed by atoms with van der Waals surface area (Å²) in [5.74, 6) is 2.69. The van der Waals surface area contributed by atoms with E-state index in [-0.39, 0.29) is 29.9 Å². The van der Waals surface area contributed by atoms with E-state index < -0.39 is 0 Å². The lowest BCUT2D eigenvalue weighted by Gasteiger charge is -2.36. The summed E-state index contributed by atoms with van der Waals surface area (Å²) in [5, 5.41) is 6.93. The van der Waals surface area contributed by atoms with Crippen molar-refractivity contribution in [3.05, 3.63) is 35.9 Å². The number of nitrogens with one attached hydrogen (secondary N) is 2. The van der Waals surface area contributed by atoms with Crippen LogP contribution in [0.25, 0.3) is 0 Å². The fraction of sp³-hybridized carbons (Fsp3) is 0.556. The molecular formula is C18H29IN4OS. The van der Waals surface area contributed by atoms with Crippen molar-refractivity contribution < 1.29 is 4.79 Å². The van der Waals surface area contributed by atoms with Crippen molar-refractivity contribution in [3.8, 4) is 0 Å². The Hall–Kier alpha value is -0.960. The smallest absolute Gasteiger partial charge is 0.251 e. The largest absolute Gasteiger partial charge is 0.354 e. The number of carbonyl (C=O) groups is 1. The maximum Gasteiger partial charge on any atom is 0.251 e. The van der Waals surface area contributed by atoms with Crippen LogP contribution < -0.4 is 10.6 Å². The van der Waals surface area contributed by atoms with Crippen LogP contribution >= 0.6 is 35.7 Å². The molecule has 1 aromatic carbocycles. The highest BCUT2D eigenvalue weighted by Gasteiger charge is 2.24. The molecule has 2 rings (SSSR count). The maximum atomic E-state index is 12.0. The van der Waals surface area contributed by atoms with Gasteiger partial charge in [0.05, 0.1) is 0 Å². The molecule has 1 aliphatic rings. The van der Waals surface area contributed by atoms with E-state index in [1.165, 1.54) is 0 Å². The van der Waals surface area contributed by atoms with Crippen molar-refractivity contribution in [3.63, 3.8) is 0 Å². The molecule has 1 aliphatic heterocycles. The van der Waals surface area contributed by atoms with Gasteiger partial charge in [0.2, 0.25) is 0 Å². The fourth-order valence-electron chi connectivity index (χ4n) is 2.65. The molecule has 1 amide bonds. The second-order valence-corrected chi connectivity index (χ2v) is 7.54. The van der Waals surface area contributed by atoms with Crippen molar-refractivity contribution in [1.82, 2.24) is 15.5 Å². The zero-order valence-corrected chi connectivity index (χ0v) is 18.3. The van der Waals surface area contributed by atoms with Crippen molar-refractivity contribution in [2.75, 3.05) is 39.0 Å². The standard InChI is InChI=1S/C18H28N4OS.HI/c1-14(2)16-13-22(11-12-24-16)18(19-3)21-10-9-20-17(23)15-7-5-4-6-8-15;/h4-8,14,16H,9-13H2,1-3H3,(H,19,21)(H,20,23);1H. The van der Waals surface area contributed by atoms with E-state index in [0.29, 0.717) is 29.8 Å². The average Bonchev–Trinajstić information content (AvgIpc) is 2.62. The van der Waals surface area contributed by atoms with Crippen LogP contribution in [0.4, 0.5) is 0 Å².